The number of benzene rings is 3. The molecule has 3 aromatic carbocycles. The molecule has 3 heteroatoms. The molecule has 1 radical (unpaired) electrons. The van der Waals surface area contributed by atoms with Gasteiger partial charge in [-0.05, 0) is 33.2 Å². The summed E-state index contributed by atoms with van der Waals surface area (Å²) in [6, 6.07) is 22.9. The van der Waals surface area contributed by atoms with Crippen molar-refractivity contribution in [3.8, 4) is 11.1 Å². The molecule has 0 fully saturated rings. The normalized spacial score (nSPS) is 11.1. The molecule has 0 aliphatic heterocycles. The summed E-state index contributed by atoms with van der Waals surface area (Å²) in [6.07, 6.45) is 0. The minimum absolute atomic E-state index is 1.05. The van der Waals surface area contributed by atoms with Crippen LogP contribution in [-0.4, -0.2) is 7.42 Å². The lowest BCUT2D eigenvalue weighted by atomic mass is 10.0. The molecular formula is C16H11Cl2Si. The fourth-order valence-corrected chi connectivity index (χ4v) is 3.90. The zero-order valence-corrected chi connectivity index (χ0v) is 12.6. The molecule has 0 aliphatic carbocycles. The molecule has 0 N–H and O–H groups in total. The predicted octanol–water partition coefficient (Wildman–Crippen LogP) is 4.68. The summed E-state index contributed by atoms with van der Waals surface area (Å²) in [5.41, 5.74) is 2.30. The van der Waals surface area contributed by atoms with Gasteiger partial charge in [-0.3, -0.25) is 0 Å². The summed E-state index contributed by atoms with van der Waals surface area (Å²) < 4.78 is 0. The van der Waals surface area contributed by atoms with E-state index in [1.807, 2.05) is 18.2 Å². The van der Waals surface area contributed by atoms with Crippen LogP contribution in [-0.2, 0) is 0 Å². The molecule has 0 heterocycles. The first kappa shape index (κ1) is 12.7. The highest BCUT2D eigenvalue weighted by Crippen LogP contribution is 2.24. The molecule has 19 heavy (non-hydrogen) atoms. The SMILES string of the molecule is Cl[Si](Cl)c1ccccc1-c1ccc2ccccc2c1. The number of hydrogen-bond acceptors (Lipinski definition) is 0. The average Bonchev–Trinajstić information content (AvgIpc) is 2.46. The highest BCUT2D eigenvalue weighted by atomic mass is 35.7. The molecule has 0 bridgehead atoms. The maximum Gasteiger partial charge on any atom is 0.307 e. The van der Waals surface area contributed by atoms with Crippen molar-refractivity contribution in [1.82, 2.24) is 0 Å². The standard InChI is InChI=1S/C16H11Cl2Si/c17-19(18)16-8-4-3-7-15(16)14-10-9-12-5-1-2-6-13(12)11-14/h1-11H. The Hall–Kier alpha value is -1.28. The molecule has 93 valence electrons. The maximum absolute atomic E-state index is 6.14. The summed E-state index contributed by atoms with van der Waals surface area (Å²) in [5, 5.41) is 3.52. The van der Waals surface area contributed by atoms with E-state index in [4.69, 9.17) is 22.2 Å². The van der Waals surface area contributed by atoms with Gasteiger partial charge in [0.15, 0.2) is 0 Å². The molecule has 0 unspecified atom stereocenters. The van der Waals surface area contributed by atoms with Gasteiger partial charge >= 0.3 is 7.42 Å². The average molecular weight is 302 g/mol. The van der Waals surface area contributed by atoms with Gasteiger partial charge in [-0.25, -0.2) is 0 Å². The van der Waals surface area contributed by atoms with Crippen LogP contribution < -0.4 is 5.19 Å². The van der Waals surface area contributed by atoms with Gasteiger partial charge in [0.05, 0.1) is 0 Å². The Bertz CT molecular complexity index is 723. The Morgan fingerprint density at radius 2 is 1.37 bits per heavy atom. The third-order valence-electron chi connectivity index (χ3n) is 3.19. The van der Waals surface area contributed by atoms with Crippen molar-refractivity contribution in [2.75, 3.05) is 0 Å². The first-order valence-electron chi connectivity index (χ1n) is 6.02. The topological polar surface area (TPSA) is 0 Å². The Morgan fingerprint density at radius 3 is 2.16 bits per heavy atom. The Kier molecular flexibility index (Phi) is 3.60. The molecule has 0 atom stereocenters. The Morgan fingerprint density at radius 1 is 0.684 bits per heavy atom. The van der Waals surface area contributed by atoms with Crippen LogP contribution in [0.5, 0.6) is 0 Å². The molecule has 0 saturated heterocycles. The van der Waals surface area contributed by atoms with Crippen LogP contribution >= 0.6 is 22.2 Å². The lowest BCUT2D eigenvalue weighted by Crippen LogP contribution is -2.20. The van der Waals surface area contributed by atoms with Crippen LogP contribution in [0, 0.1) is 0 Å². The van der Waals surface area contributed by atoms with Crippen LogP contribution in [0.25, 0.3) is 21.9 Å². The smallest absolute Gasteiger partial charge is 0.140 e. The zero-order chi connectivity index (χ0) is 13.2. The van der Waals surface area contributed by atoms with Gasteiger partial charge in [0.25, 0.3) is 0 Å². The van der Waals surface area contributed by atoms with Crippen LogP contribution in [0.2, 0.25) is 0 Å². The van der Waals surface area contributed by atoms with Gasteiger partial charge in [0.2, 0.25) is 0 Å². The molecule has 0 amide bonds. The van der Waals surface area contributed by atoms with Crippen molar-refractivity contribution in [3.63, 3.8) is 0 Å². The Balaban J connectivity index is 2.19. The second-order valence-corrected chi connectivity index (χ2v) is 8.28. The van der Waals surface area contributed by atoms with Gasteiger partial charge in [-0.15, -0.1) is 22.2 Å². The minimum Gasteiger partial charge on any atom is -0.140 e. The third kappa shape index (κ3) is 2.55. The number of hydrogen-bond donors (Lipinski definition) is 0. The van der Waals surface area contributed by atoms with Gasteiger partial charge in [0.1, 0.15) is 0 Å². The van der Waals surface area contributed by atoms with Crippen molar-refractivity contribution < 1.29 is 0 Å². The molecule has 0 spiro atoms. The third-order valence-corrected chi connectivity index (χ3v) is 5.26. The maximum atomic E-state index is 6.14. The summed E-state index contributed by atoms with van der Waals surface area (Å²) in [5.74, 6) is 0. The van der Waals surface area contributed by atoms with Crippen molar-refractivity contribution in [2.45, 2.75) is 0 Å². The largest absolute Gasteiger partial charge is 0.307 e. The summed E-state index contributed by atoms with van der Waals surface area (Å²) in [4.78, 5) is 0. The lowest BCUT2D eigenvalue weighted by molar-refractivity contribution is 1.68. The summed E-state index contributed by atoms with van der Waals surface area (Å²) in [6.45, 7) is 0. The second-order valence-electron chi connectivity index (χ2n) is 4.37. The van der Waals surface area contributed by atoms with Gasteiger partial charge in [-0.1, -0.05) is 60.7 Å². The van der Waals surface area contributed by atoms with Crippen molar-refractivity contribution >= 4 is 45.5 Å². The van der Waals surface area contributed by atoms with E-state index in [-0.39, 0.29) is 0 Å². The van der Waals surface area contributed by atoms with Gasteiger partial charge < -0.3 is 0 Å². The van der Waals surface area contributed by atoms with E-state index in [9.17, 15) is 0 Å². The first-order chi connectivity index (χ1) is 9.25. The molecule has 3 rings (SSSR count). The predicted molar refractivity (Wildman–Crippen MR) is 86.5 cm³/mol. The quantitative estimate of drug-likeness (QED) is 0.476. The van der Waals surface area contributed by atoms with Crippen molar-refractivity contribution in [3.05, 3.63) is 66.7 Å². The summed E-state index contributed by atoms with van der Waals surface area (Å²) >= 11 is 12.3. The number of rotatable bonds is 2. The van der Waals surface area contributed by atoms with Gasteiger partial charge in [0, 0.05) is 0 Å². The van der Waals surface area contributed by atoms with Gasteiger partial charge in [-0.2, -0.15) is 0 Å². The van der Waals surface area contributed by atoms with E-state index in [0.717, 1.165) is 16.3 Å². The fraction of sp³-hybridized carbons (Fsp3) is 0. The number of fused-ring (bicyclic) bond motifs is 1. The van der Waals surface area contributed by atoms with Crippen LogP contribution in [0.1, 0.15) is 0 Å². The molecule has 0 nitrogen and oxygen atoms in total. The van der Waals surface area contributed by atoms with Crippen molar-refractivity contribution in [2.24, 2.45) is 0 Å². The molecule has 0 aliphatic rings. The monoisotopic (exact) mass is 301 g/mol. The van der Waals surface area contributed by atoms with Crippen molar-refractivity contribution in [1.29, 1.82) is 0 Å². The van der Waals surface area contributed by atoms with E-state index >= 15 is 0 Å². The van der Waals surface area contributed by atoms with Crippen LogP contribution in [0.4, 0.5) is 0 Å². The second kappa shape index (κ2) is 5.38. The summed E-state index contributed by atoms with van der Waals surface area (Å²) in [7, 11) is -1.50. The molecule has 0 aromatic heterocycles. The first-order valence-corrected chi connectivity index (χ1v) is 9.54. The lowest BCUT2D eigenvalue weighted by Gasteiger charge is -2.10. The van der Waals surface area contributed by atoms with E-state index in [1.54, 1.807) is 0 Å². The van der Waals surface area contributed by atoms with E-state index in [1.165, 1.54) is 10.8 Å². The molecule has 0 saturated carbocycles. The highest BCUT2D eigenvalue weighted by molar-refractivity contribution is 7.39. The molecular weight excluding hydrogens is 291 g/mol. The highest BCUT2D eigenvalue weighted by Gasteiger charge is 2.13. The Labute approximate surface area is 123 Å². The minimum atomic E-state index is -1.50. The van der Waals surface area contributed by atoms with E-state index in [0.29, 0.717) is 0 Å². The fourth-order valence-electron chi connectivity index (χ4n) is 2.26. The molecule has 3 aromatic rings. The zero-order valence-electron chi connectivity index (χ0n) is 10.1. The number of halogens is 2. The van der Waals surface area contributed by atoms with E-state index in [2.05, 4.69) is 48.5 Å². The van der Waals surface area contributed by atoms with Crippen LogP contribution in [0.3, 0.4) is 0 Å². The van der Waals surface area contributed by atoms with E-state index < -0.39 is 7.42 Å². The van der Waals surface area contributed by atoms with Crippen LogP contribution in [0.15, 0.2) is 66.7 Å².